The summed E-state index contributed by atoms with van der Waals surface area (Å²) in [5.41, 5.74) is 29.0. The van der Waals surface area contributed by atoms with Gasteiger partial charge in [0.2, 0.25) is 0 Å². The molecule has 0 heteroatoms. The van der Waals surface area contributed by atoms with Crippen molar-refractivity contribution in [3.05, 3.63) is 576 Å². The molecule has 0 amide bonds. The molecule has 3 aliphatic rings. The van der Waals surface area contributed by atoms with Gasteiger partial charge in [-0.15, -0.1) is 0 Å². The average molecular weight is 1630 g/mol. The molecule has 0 saturated carbocycles. The van der Waals surface area contributed by atoms with Gasteiger partial charge in [-0.3, -0.25) is 0 Å². The molecule has 0 unspecified atom stereocenters. The first-order valence-corrected chi connectivity index (χ1v) is 45.1. The zero-order valence-corrected chi connectivity index (χ0v) is 71.0. The third kappa shape index (κ3) is 11.6. The summed E-state index contributed by atoms with van der Waals surface area (Å²) in [7, 11) is 0. The van der Waals surface area contributed by atoms with Gasteiger partial charge in [-0.05, 0) is 279 Å². The molecule has 0 aromatic heterocycles. The van der Waals surface area contributed by atoms with Crippen LogP contribution in [0.5, 0.6) is 0 Å². The second-order valence-electron chi connectivity index (χ2n) is 34.9. The highest BCUT2D eigenvalue weighted by Gasteiger charge is 2.49. The van der Waals surface area contributed by atoms with Gasteiger partial charge in [-0.1, -0.05) is 461 Å². The van der Waals surface area contributed by atoms with Crippen LogP contribution in [0.25, 0.3) is 164 Å². The largest absolute Gasteiger partial charge is 0.0714 e. The molecule has 129 heavy (non-hydrogen) atoms. The van der Waals surface area contributed by atoms with Crippen LogP contribution in [0.15, 0.2) is 510 Å². The number of hydrogen-bond donors (Lipinski definition) is 0. The van der Waals surface area contributed by atoms with Crippen molar-refractivity contribution >= 4 is 97.0 Å². The lowest BCUT2D eigenvalue weighted by Crippen LogP contribution is -2.29. The van der Waals surface area contributed by atoms with Crippen molar-refractivity contribution in [3.8, 4) is 66.8 Å². The minimum Gasteiger partial charge on any atom is -0.0622 e. The second kappa shape index (κ2) is 30.5. The summed E-state index contributed by atoms with van der Waals surface area (Å²) in [5.74, 6) is 0. The van der Waals surface area contributed by atoms with Gasteiger partial charge in [0, 0.05) is 0 Å². The first-order valence-electron chi connectivity index (χ1n) is 45.1. The Morgan fingerprint density at radius 3 is 0.481 bits per heavy atom. The summed E-state index contributed by atoms with van der Waals surface area (Å²) < 4.78 is 0. The van der Waals surface area contributed by atoms with Crippen LogP contribution in [0.2, 0.25) is 0 Å². The number of fused-ring (bicyclic) bond motifs is 9. The molecule has 0 fully saturated rings. The summed E-state index contributed by atoms with van der Waals surface area (Å²) in [6.45, 7) is 0. The standard InChI is InChI=1S/C55H36.C43H28.C31H20/c1-5-17-37(18-6-1)41-31-42(38-19-7-2-8-20-38)34-45(33-41)55(46-35-43(39-21-9-3-10-22-39)32-44(36-46)40-23-11-4-12-24-40)51-29-15-27-49-47-25-13-14-26-48(47)50-28-16-30-52(55)54(50)53(49)51;1-3-13-29(14-4-1)31-17-9-19-33(27-31)43(34-20-10-18-32(28-34)30-15-5-2-6-16-30)39-25-11-23-37-35-21-7-8-22-36(35)38-24-12-26-40(43)42(38)41(37)39;1-3-11-21(12-4-1)31(22-13-5-2-6-14-22)27-19-9-17-25-23-15-7-8-16-24(23)26-18-10-20-28(31)30(26)29(25)27/h1-36H;1-28H;1-20H. The van der Waals surface area contributed by atoms with Crippen molar-refractivity contribution in [1.29, 1.82) is 0 Å². The second-order valence-corrected chi connectivity index (χ2v) is 34.9. The van der Waals surface area contributed by atoms with E-state index in [0.29, 0.717) is 0 Å². The predicted molar refractivity (Wildman–Crippen MR) is 545 cm³/mol. The van der Waals surface area contributed by atoms with Crippen molar-refractivity contribution in [3.63, 3.8) is 0 Å². The van der Waals surface area contributed by atoms with E-state index in [1.165, 1.54) is 230 Å². The maximum Gasteiger partial charge on any atom is 0.0714 e. The molecule has 0 nitrogen and oxygen atoms in total. The molecule has 0 radical (unpaired) electrons. The van der Waals surface area contributed by atoms with Crippen molar-refractivity contribution < 1.29 is 0 Å². The van der Waals surface area contributed by atoms with Gasteiger partial charge >= 0.3 is 0 Å². The average Bonchev–Trinajstić information content (AvgIpc) is 1.52. The van der Waals surface area contributed by atoms with Crippen LogP contribution in [0.1, 0.15) is 66.8 Å². The van der Waals surface area contributed by atoms with Crippen molar-refractivity contribution in [1.82, 2.24) is 0 Å². The molecule has 600 valence electrons. The third-order valence-electron chi connectivity index (χ3n) is 28.5. The molecule has 24 aromatic rings. The summed E-state index contributed by atoms with van der Waals surface area (Å²) in [6.07, 6.45) is 0. The first kappa shape index (κ1) is 75.2. The van der Waals surface area contributed by atoms with Crippen LogP contribution < -0.4 is 0 Å². The van der Waals surface area contributed by atoms with E-state index < -0.39 is 10.8 Å². The fourth-order valence-electron chi connectivity index (χ4n) is 23.2. The van der Waals surface area contributed by atoms with Crippen molar-refractivity contribution in [2.24, 2.45) is 0 Å². The predicted octanol–water partition coefficient (Wildman–Crippen LogP) is 33.5. The molecule has 3 aliphatic carbocycles. The van der Waals surface area contributed by atoms with Gasteiger partial charge in [-0.25, -0.2) is 0 Å². The Kier molecular flexibility index (Phi) is 17.8. The molecule has 0 atom stereocenters. The van der Waals surface area contributed by atoms with E-state index in [4.69, 9.17) is 0 Å². The van der Waals surface area contributed by atoms with E-state index in [1.807, 2.05) is 0 Å². The van der Waals surface area contributed by atoms with Crippen LogP contribution >= 0.6 is 0 Å². The molecule has 27 rings (SSSR count). The Morgan fingerprint density at radius 1 is 0.0930 bits per heavy atom. The lowest BCUT2D eigenvalue weighted by Gasteiger charge is -2.36. The Balaban J connectivity index is 0.000000109. The highest BCUT2D eigenvalue weighted by Crippen LogP contribution is 2.62. The Labute approximate surface area is 750 Å². The molecular weight excluding hydrogens is 1550 g/mol. The molecule has 0 aliphatic heterocycles. The Bertz CT molecular complexity index is 7940. The van der Waals surface area contributed by atoms with E-state index in [-0.39, 0.29) is 5.41 Å². The molecular formula is C129H84. The minimum atomic E-state index is -0.638. The highest BCUT2D eigenvalue weighted by molar-refractivity contribution is 6.32. The molecule has 24 aromatic carbocycles. The van der Waals surface area contributed by atoms with Crippen LogP contribution in [0.3, 0.4) is 0 Å². The van der Waals surface area contributed by atoms with E-state index in [2.05, 4.69) is 510 Å². The summed E-state index contributed by atoms with van der Waals surface area (Å²) in [4.78, 5) is 0. The van der Waals surface area contributed by atoms with Crippen LogP contribution in [-0.4, -0.2) is 0 Å². The fourth-order valence-corrected chi connectivity index (χ4v) is 23.2. The van der Waals surface area contributed by atoms with E-state index in [9.17, 15) is 0 Å². The maximum atomic E-state index is 2.47. The van der Waals surface area contributed by atoms with Gasteiger partial charge in [0.1, 0.15) is 0 Å². The fraction of sp³-hybridized carbons (Fsp3) is 0.0233. The van der Waals surface area contributed by atoms with E-state index in [0.717, 1.165) is 0 Å². The van der Waals surface area contributed by atoms with Crippen LogP contribution in [-0.2, 0) is 16.2 Å². The first-order chi connectivity index (χ1) is 64.0. The highest BCUT2D eigenvalue weighted by atomic mass is 14.5. The number of rotatable bonds is 12. The molecule has 0 N–H and O–H groups in total. The molecule has 0 bridgehead atoms. The topological polar surface area (TPSA) is 0 Å². The van der Waals surface area contributed by atoms with E-state index >= 15 is 0 Å². The summed E-state index contributed by atoms with van der Waals surface area (Å²) in [5, 5.41) is 24.1. The maximum absolute atomic E-state index is 2.47. The SMILES string of the molecule is c1ccc(-c2cc(-c3ccccc3)cc(C3(c4cc(-c5ccccc5)cc(-c5ccccc5)c4)c4cccc5c6ccccc6c6cccc3c6c45)c2)cc1.c1ccc(-c2cccc(C3(c4cccc(-c5ccccc5)c4)c4cccc5c6ccccc6c6cccc3c6c45)c2)cc1.c1ccc(C2(c3ccccc3)c3cccc4c5ccccc5c5cccc2c5c34)cc1. The smallest absolute Gasteiger partial charge is 0.0622 e. The Morgan fingerprint density at radius 2 is 0.248 bits per heavy atom. The monoisotopic (exact) mass is 1630 g/mol. The third-order valence-corrected chi connectivity index (χ3v) is 28.5. The zero-order chi connectivity index (χ0) is 85.1. The van der Waals surface area contributed by atoms with Crippen LogP contribution in [0.4, 0.5) is 0 Å². The number of hydrogen-bond acceptors (Lipinski definition) is 0. The summed E-state index contributed by atoms with van der Waals surface area (Å²) >= 11 is 0. The minimum absolute atomic E-state index is 0.318. The van der Waals surface area contributed by atoms with Gasteiger partial charge < -0.3 is 0 Å². The number of benzene rings is 24. The zero-order valence-electron chi connectivity index (χ0n) is 71.0. The van der Waals surface area contributed by atoms with Crippen molar-refractivity contribution in [2.45, 2.75) is 16.2 Å². The lowest BCUT2D eigenvalue weighted by molar-refractivity contribution is 0.771. The normalized spacial score (nSPS) is 13.3. The molecule has 0 heterocycles. The van der Waals surface area contributed by atoms with Gasteiger partial charge in [-0.2, -0.15) is 0 Å². The Hall–Kier alpha value is -16.4. The van der Waals surface area contributed by atoms with Gasteiger partial charge in [0.15, 0.2) is 0 Å². The molecule has 0 spiro atoms. The van der Waals surface area contributed by atoms with Crippen molar-refractivity contribution in [2.75, 3.05) is 0 Å². The summed E-state index contributed by atoms with van der Waals surface area (Å²) in [6, 6.07) is 189. The van der Waals surface area contributed by atoms with Gasteiger partial charge in [0.25, 0.3) is 0 Å². The molecule has 0 saturated heterocycles. The quantitative estimate of drug-likeness (QED) is 0.107. The van der Waals surface area contributed by atoms with E-state index in [1.54, 1.807) is 0 Å². The van der Waals surface area contributed by atoms with Gasteiger partial charge in [0.05, 0.1) is 16.2 Å². The van der Waals surface area contributed by atoms with Crippen LogP contribution in [0, 0.1) is 0 Å². The lowest BCUT2D eigenvalue weighted by atomic mass is 9.65.